The largest absolute Gasteiger partial charge is 0.342 e. The van der Waals surface area contributed by atoms with E-state index < -0.39 is 11.6 Å². The van der Waals surface area contributed by atoms with Crippen molar-refractivity contribution in [2.75, 3.05) is 0 Å². The lowest BCUT2D eigenvalue weighted by atomic mass is 9.80. The molecule has 0 aromatic heterocycles. The summed E-state index contributed by atoms with van der Waals surface area (Å²) < 4.78 is 0. The van der Waals surface area contributed by atoms with Crippen LogP contribution >= 0.6 is 0 Å². The number of carbonyl (C=O) groups is 2. The topological polar surface area (TPSA) is 49.4 Å². The SMILES string of the molecule is CC(C)(C)C1NC(=O)C(C)(C)N(C2CCCCCC2)C1=O. The predicted molar refractivity (Wildman–Crippen MR) is 83.8 cm³/mol. The predicted octanol–water partition coefficient (Wildman–Crippen LogP) is 2.86. The number of nitrogens with zero attached hydrogens (tertiary/aromatic N) is 1. The Bertz CT molecular complexity index is 415. The summed E-state index contributed by atoms with van der Waals surface area (Å²) in [6.07, 6.45) is 6.86. The van der Waals surface area contributed by atoms with Crippen molar-refractivity contribution >= 4 is 11.8 Å². The molecular weight excluding hydrogens is 264 g/mol. The smallest absolute Gasteiger partial charge is 0.246 e. The minimum atomic E-state index is -0.742. The van der Waals surface area contributed by atoms with Crippen molar-refractivity contribution in [1.82, 2.24) is 10.2 Å². The van der Waals surface area contributed by atoms with E-state index in [2.05, 4.69) is 5.32 Å². The molecule has 2 fully saturated rings. The molecule has 4 heteroatoms. The Labute approximate surface area is 128 Å². The quantitative estimate of drug-likeness (QED) is 0.756. The first-order valence-electron chi connectivity index (χ1n) is 8.30. The second-order valence-corrected chi connectivity index (χ2v) is 8.19. The molecule has 1 saturated carbocycles. The molecular formula is C17H30N2O2. The van der Waals surface area contributed by atoms with Gasteiger partial charge < -0.3 is 10.2 Å². The molecule has 1 unspecified atom stereocenters. The zero-order chi connectivity index (χ0) is 15.8. The monoisotopic (exact) mass is 294 g/mol. The molecule has 1 N–H and O–H groups in total. The molecule has 4 nitrogen and oxygen atoms in total. The van der Waals surface area contributed by atoms with E-state index in [4.69, 9.17) is 0 Å². The van der Waals surface area contributed by atoms with E-state index in [0.717, 1.165) is 25.7 Å². The molecule has 1 aliphatic heterocycles. The van der Waals surface area contributed by atoms with Crippen LogP contribution in [0.15, 0.2) is 0 Å². The number of nitrogens with one attached hydrogen (secondary N) is 1. The number of rotatable bonds is 1. The van der Waals surface area contributed by atoms with Gasteiger partial charge in [0.05, 0.1) is 0 Å². The van der Waals surface area contributed by atoms with Gasteiger partial charge in [0.2, 0.25) is 11.8 Å². The van der Waals surface area contributed by atoms with Crippen molar-refractivity contribution in [1.29, 1.82) is 0 Å². The van der Waals surface area contributed by atoms with Gasteiger partial charge in [0.25, 0.3) is 0 Å². The minimum absolute atomic E-state index is 0.0220. The molecule has 0 bridgehead atoms. The van der Waals surface area contributed by atoms with Crippen molar-refractivity contribution in [2.24, 2.45) is 5.41 Å². The van der Waals surface area contributed by atoms with Crippen LogP contribution in [0.25, 0.3) is 0 Å². The Hall–Kier alpha value is -1.06. The fourth-order valence-electron chi connectivity index (χ4n) is 3.63. The molecule has 0 aromatic rings. The minimum Gasteiger partial charge on any atom is -0.342 e. The number of amides is 2. The first kappa shape index (κ1) is 16.3. The highest BCUT2D eigenvalue weighted by Crippen LogP contribution is 2.34. The van der Waals surface area contributed by atoms with Crippen LogP contribution in [0.1, 0.15) is 73.1 Å². The van der Waals surface area contributed by atoms with Gasteiger partial charge in [0, 0.05) is 6.04 Å². The van der Waals surface area contributed by atoms with Gasteiger partial charge in [-0.05, 0) is 32.1 Å². The molecule has 2 amide bonds. The summed E-state index contributed by atoms with van der Waals surface area (Å²) in [5, 5.41) is 2.95. The summed E-state index contributed by atoms with van der Waals surface area (Å²) in [5.74, 6) is 0.0743. The molecule has 0 spiro atoms. The lowest BCUT2D eigenvalue weighted by Crippen LogP contribution is -2.72. The van der Waals surface area contributed by atoms with E-state index in [1.165, 1.54) is 12.8 Å². The van der Waals surface area contributed by atoms with Gasteiger partial charge in [0.1, 0.15) is 11.6 Å². The fourth-order valence-corrected chi connectivity index (χ4v) is 3.63. The van der Waals surface area contributed by atoms with Gasteiger partial charge >= 0.3 is 0 Å². The fraction of sp³-hybridized carbons (Fsp3) is 0.882. The lowest BCUT2D eigenvalue weighted by molar-refractivity contribution is -0.162. The number of hydrogen-bond acceptors (Lipinski definition) is 2. The van der Waals surface area contributed by atoms with Crippen LogP contribution in [0, 0.1) is 5.41 Å². The van der Waals surface area contributed by atoms with E-state index in [1.54, 1.807) is 0 Å². The average Bonchev–Trinajstić information content (AvgIpc) is 2.61. The number of hydrogen-bond donors (Lipinski definition) is 1. The maximum atomic E-state index is 13.1. The Balaban J connectivity index is 2.33. The van der Waals surface area contributed by atoms with E-state index >= 15 is 0 Å². The standard InChI is InChI=1S/C17H30N2O2/c1-16(2,3)13-14(20)19(17(4,5)15(21)18-13)12-10-8-6-7-9-11-12/h12-13H,6-11H2,1-5H3,(H,18,21). The molecule has 1 saturated heterocycles. The van der Waals surface area contributed by atoms with Crippen LogP contribution < -0.4 is 5.32 Å². The maximum Gasteiger partial charge on any atom is 0.246 e. The summed E-state index contributed by atoms with van der Waals surface area (Å²) >= 11 is 0. The summed E-state index contributed by atoms with van der Waals surface area (Å²) in [6, 6.07) is -0.202. The summed E-state index contributed by atoms with van der Waals surface area (Å²) in [5.41, 5.74) is -1.000. The van der Waals surface area contributed by atoms with Crippen LogP contribution in [0.5, 0.6) is 0 Å². The lowest BCUT2D eigenvalue weighted by Gasteiger charge is -2.50. The Morgan fingerprint density at radius 1 is 1.05 bits per heavy atom. The maximum absolute atomic E-state index is 13.1. The van der Waals surface area contributed by atoms with Crippen molar-refractivity contribution in [3.63, 3.8) is 0 Å². The second kappa shape index (κ2) is 5.62. The molecule has 21 heavy (non-hydrogen) atoms. The first-order chi connectivity index (χ1) is 9.65. The zero-order valence-electron chi connectivity index (χ0n) is 14.2. The summed E-state index contributed by atoms with van der Waals surface area (Å²) in [4.78, 5) is 27.5. The Kier molecular flexibility index (Phi) is 4.36. The first-order valence-corrected chi connectivity index (χ1v) is 8.30. The van der Waals surface area contributed by atoms with Crippen LogP contribution in [0.4, 0.5) is 0 Å². The molecule has 1 atom stereocenters. The van der Waals surface area contributed by atoms with Crippen molar-refractivity contribution in [3.05, 3.63) is 0 Å². The molecule has 0 aromatic carbocycles. The molecule has 2 rings (SSSR count). The van der Waals surface area contributed by atoms with Crippen molar-refractivity contribution < 1.29 is 9.59 Å². The van der Waals surface area contributed by atoms with E-state index in [9.17, 15) is 9.59 Å². The molecule has 1 aliphatic carbocycles. The van der Waals surface area contributed by atoms with E-state index in [1.807, 2.05) is 39.5 Å². The second-order valence-electron chi connectivity index (χ2n) is 8.19. The highest BCUT2D eigenvalue weighted by atomic mass is 16.2. The van der Waals surface area contributed by atoms with Gasteiger partial charge in [-0.25, -0.2) is 0 Å². The van der Waals surface area contributed by atoms with Gasteiger partial charge in [-0.15, -0.1) is 0 Å². The third-order valence-corrected chi connectivity index (χ3v) is 4.97. The van der Waals surface area contributed by atoms with E-state index in [0.29, 0.717) is 0 Å². The Morgan fingerprint density at radius 3 is 2.05 bits per heavy atom. The van der Waals surface area contributed by atoms with Crippen LogP contribution in [-0.2, 0) is 9.59 Å². The van der Waals surface area contributed by atoms with Crippen LogP contribution in [0.2, 0.25) is 0 Å². The highest BCUT2D eigenvalue weighted by Gasteiger charge is 2.51. The normalized spacial score (nSPS) is 28.2. The van der Waals surface area contributed by atoms with Crippen LogP contribution in [0.3, 0.4) is 0 Å². The van der Waals surface area contributed by atoms with Gasteiger partial charge in [0.15, 0.2) is 0 Å². The molecule has 1 heterocycles. The third-order valence-electron chi connectivity index (χ3n) is 4.97. The highest BCUT2D eigenvalue weighted by molar-refractivity contribution is 5.99. The third kappa shape index (κ3) is 3.09. The summed E-state index contributed by atoms with van der Waals surface area (Å²) in [7, 11) is 0. The molecule has 2 aliphatic rings. The van der Waals surface area contributed by atoms with Gasteiger partial charge in [-0.1, -0.05) is 46.5 Å². The number of carbonyl (C=O) groups excluding carboxylic acids is 2. The number of piperazine rings is 1. The summed E-state index contributed by atoms with van der Waals surface area (Å²) in [6.45, 7) is 9.80. The molecule has 0 radical (unpaired) electrons. The van der Waals surface area contributed by atoms with Gasteiger partial charge in [-0.3, -0.25) is 9.59 Å². The van der Waals surface area contributed by atoms with Crippen LogP contribution in [-0.4, -0.2) is 34.3 Å². The molecule has 120 valence electrons. The van der Waals surface area contributed by atoms with Crippen molar-refractivity contribution in [2.45, 2.75) is 90.8 Å². The Morgan fingerprint density at radius 2 is 1.57 bits per heavy atom. The zero-order valence-corrected chi connectivity index (χ0v) is 14.2. The van der Waals surface area contributed by atoms with E-state index in [-0.39, 0.29) is 23.3 Å². The van der Waals surface area contributed by atoms with Crippen molar-refractivity contribution in [3.8, 4) is 0 Å². The average molecular weight is 294 g/mol. The van der Waals surface area contributed by atoms with Gasteiger partial charge in [-0.2, -0.15) is 0 Å².